The summed E-state index contributed by atoms with van der Waals surface area (Å²) >= 11 is 0. The number of nitrogens with zero attached hydrogens (tertiary/aromatic N) is 2. The molecule has 9 rings (SSSR count). The lowest BCUT2D eigenvalue weighted by atomic mass is 9.33. The molecule has 2 aliphatic heterocycles. The van der Waals surface area contributed by atoms with Crippen molar-refractivity contribution >= 4 is 79.2 Å². The number of benzene rings is 6. The highest BCUT2D eigenvalue weighted by Gasteiger charge is 2.43. The van der Waals surface area contributed by atoms with E-state index in [9.17, 15) is 0 Å². The van der Waals surface area contributed by atoms with Crippen LogP contribution in [0.1, 0.15) is 25.3 Å². The molecule has 0 amide bonds. The van der Waals surface area contributed by atoms with Gasteiger partial charge < -0.3 is 14.2 Å². The lowest BCUT2D eigenvalue weighted by Gasteiger charge is -2.44. The molecule has 0 radical (unpaired) electrons. The minimum Gasteiger partial charge on any atom is -0.456 e. The summed E-state index contributed by atoms with van der Waals surface area (Å²) in [5.74, 6) is 0.370. The molecule has 0 unspecified atom stereocenters. The number of para-hydroxylation sites is 4. The Morgan fingerprint density at radius 1 is 0.512 bits per heavy atom. The van der Waals surface area contributed by atoms with Crippen molar-refractivity contribution in [3.8, 4) is 0 Å². The molecule has 7 aromatic rings. The number of rotatable bonds is 3. The van der Waals surface area contributed by atoms with E-state index in [1.165, 1.54) is 50.4 Å². The van der Waals surface area contributed by atoms with Gasteiger partial charge in [-0.25, -0.2) is 0 Å². The zero-order valence-corrected chi connectivity index (χ0v) is 24.2. The van der Waals surface area contributed by atoms with E-state index in [4.69, 9.17) is 4.42 Å². The number of furan rings is 1. The summed E-state index contributed by atoms with van der Waals surface area (Å²) in [5, 5.41) is 2.28. The van der Waals surface area contributed by atoms with E-state index < -0.39 is 0 Å². The van der Waals surface area contributed by atoms with Crippen LogP contribution in [0.25, 0.3) is 21.9 Å². The van der Waals surface area contributed by atoms with Crippen molar-refractivity contribution in [2.75, 3.05) is 9.80 Å². The van der Waals surface area contributed by atoms with Gasteiger partial charge in [0.2, 0.25) is 0 Å². The average Bonchev–Trinajstić information content (AvgIpc) is 3.43. The van der Waals surface area contributed by atoms with Crippen LogP contribution < -0.4 is 26.2 Å². The predicted octanol–water partition coefficient (Wildman–Crippen LogP) is 8.79. The maximum atomic E-state index is 6.22. The molecule has 0 bridgehead atoms. The Balaban J connectivity index is 1.38. The first-order valence-corrected chi connectivity index (χ1v) is 15.1. The van der Waals surface area contributed by atoms with E-state index in [0.29, 0.717) is 5.92 Å². The van der Waals surface area contributed by atoms with E-state index in [-0.39, 0.29) is 6.71 Å². The van der Waals surface area contributed by atoms with Gasteiger partial charge in [-0.1, -0.05) is 86.6 Å². The molecule has 43 heavy (non-hydrogen) atoms. The first-order valence-electron chi connectivity index (χ1n) is 15.1. The Kier molecular flexibility index (Phi) is 5.19. The number of hydrogen-bond donors (Lipinski definition) is 0. The molecule has 0 aliphatic carbocycles. The Hall–Kier alpha value is -5.22. The summed E-state index contributed by atoms with van der Waals surface area (Å²) in [6.07, 6.45) is 0. The molecule has 3 nitrogen and oxygen atoms in total. The van der Waals surface area contributed by atoms with Gasteiger partial charge in [0.1, 0.15) is 11.2 Å². The quantitative estimate of drug-likeness (QED) is 0.204. The Morgan fingerprint density at radius 2 is 1.09 bits per heavy atom. The van der Waals surface area contributed by atoms with Crippen molar-refractivity contribution in [3.05, 3.63) is 139 Å². The van der Waals surface area contributed by atoms with Crippen molar-refractivity contribution in [1.29, 1.82) is 0 Å². The molecular formula is C39H29BN2O. The molecule has 4 heteroatoms. The third-order valence-electron chi connectivity index (χ3n) is 9.21. The van der Waals surface area contributed by atoms with Crippen LogP contribution in [0.5, 0.6) is 0 Å². The van der Waals surface area contributed by atoms with Crippen LogP contribution in [-0.4, -0.2) is 6.71 Å². The summed E-state index contributed by atoms with van der Waals surface area (Å²) in [4.78, 5) is 4.95. The first-order chi connectivity index (χ1) is 21.2. The van der Waals surface area contributed by atoms with Crippen molar-refractivity contribution in [3.63, 3.8) is 0 Å². The minimum absolute atomic E-state index is 0.133. The van der Waals surface area contributed by atoms with Crippen LogP contribution >= 0.6 is 0 Å². The van der Waals surface area contributed by atoms with Crippen LogP contribution in [0.3, 0.4) is 0 Å². The smallest absolute Gasteiger partial charge is 0.252 e. The number of hydrogen-bond acceptors (Lipinski definition) is 3. The standard InChI is InChI=1S/C39H29BN2O/c1-25(2)26-22-35-39-36(23-26)42(28-20-21-38-30(24-28)29-14-6-11-19-37(29)43-38)34-18-10-8-16-32(34)40(39)31-15-7-9-17-33(31)41(35)27-12-4-3-5-13-27/h3-25H,1-2H3. The van der Waals surface area contributed by atoms with E-state index in [2.05, 4.69) is 145 Å². The third kappa shape index (κ3) is 3.50. The van der Waals surface area contributed by atoms with Gasteiger partial charge in [0, 0.05) is 44.9 Å². The Bertz CT molecular complexity index is 2200. The summed E-state index contributed by atoms with van der Waals surface area (Å²) < 4.78 is 6.22. The third-order valence-corrected chi connectivity index (χ3v) is 9.21. The maximum Gasteiger partial charge on any atom is 0.252 e. The van der Waals surface area contributed by atoms with Crippen LogP contribution in [-0.2, 0) is 0 Å². The van der Waals surface area contributed by atoms with Crippen molar-refractivity contribution in [1.82, 2.24) is 0 Å². The summed E-state index contributed by atoms with van der Waals surface area (Å²) in [5.41, 5.74) is 14.4. The van der Waals surface area contributed by atoms with Crippen molar-refractivity contribution in [2.24, 2.45) is 0 Å². The van der Waals surface area contributed by atoms with Gasteiger partial charge in [0.05, 0.1) is 0 Å². The van der Waals surface area contributed by atoms with Gasteiger partial charge in [0.25, 0.3) is 6.71 Å². The van der Waals surface area contributed by atoms with Crippen LogP contribution in [0, 0.1) is 0 Å². The molecule has 0 spiro atoms. The van der Waals surface area contributed by atoms with E-state index in [1.807, 2.05) is 12.1 Å². The second-order valence-electron chi connectivity index (χ2n) is 12.0. The predicted molar refractivity (Wildman–Crippen MR) is 182 cm³/mol. The highest BCUT2D eigenvalue weighted by atomic mass is 16.3. The molecular weight excluding hydrogens is 523 g/mol. The second-order valence-corrected chi connectivity index (χ2v) is 12.0. The largest absolute Gasteiger partial charge is 0.456 e. The molecule has 3 heterocycles. The number of anilines is 6. The fraction of sp³-hybridized carbons (Fsp3) is 0.0769. The Morgan fingerprint density at radius 3 is 1.79 bits per heavy atom. The fourth-order valence-electron chi connectivity index (χ4n) is 7.24. The van der Waals surface area contributed by atoms with Crippen LogP contribution in [0.15, 0.2) is 138 Å². The molecule has 204 valence electrons. The van der Waals surface area contributed by atoms with Crippen LogP contribution in [0.4, 0.5) is 34.1 Å². The van der Waals surface area contributed by atoms with Gasteiger partial charge >= 0.3 is 0 Å². The molecule has 0 saturated carbocycles. The summed E-state index contributed by atoms with van der Waals surface area (Å²) in [6.45, 7) is 4.72. The van der Waals surface area contributed by atoms with Gasteiger partial charge in [-0.05, 0) is 88.5 Å². The van der Waals surface area contributed by atoms with Crippen molar-refractivity contribution in [2.45, 2.75) is 19.8 Å². The molecule has 2 aliphatic rings. The highest BCUT2D eigenvalue weighted by molar-refractivity contribution is 7.00. The highest BCUT2D eigenvalue weighted by Crippen LogP contribution is 2.46. The van der Waals surface area contributed by atoms with Crippen molar-refractivity contribution < 1.29 is 4.42 Å². The Labute approximate surface area is 251 Å². The molecule has 1 aromatic heterocycles. The molecule has 0 atom stereocenters. The summed E-state index contributed by atoms with van der Waals surface area (Å²) in [7, 11) is 0. The van der Waals surface area contributed by atoms with Gasteiger partial charge in [0.15, 0.2) is 0 Å². The van der Waals surface area contributed by atoms with Gasteiger partial charge in [-0.15, -0.1) is 0 Å². The van der Waals surface area contributed by atoms with Crippen LogP contribution in [0.2, 0.25) is 0 Å². The second kappa shape index (κ2) is 9.14. The van der Waals surface area contributed by atoms with E-state index >= 15 is 0 Å². The lowest BCUT2D eigenvalue weighted by molar-refractivity contribution is 0.669. The normalized spacial score (nSPS) is 13.4. The zero-order valence-electron chi connectivity index (χ0n) is 24.2. The molecule has 0 saturated heterocycles. The lowest BCUT2D eigenvalue weighted by Crippen LogP contribution is -2.61. The zero-order chi connectivity index (χ0) is 28.7. The van der Waals surface area contributed by atoms with E-state index in [0.717, 1.165) is 27.6 Å². The molecule has 0 fully saturated rings. The topological polar surface area (TPSA) is 19.6 Å². The van der Waals surface area contributed by atoms with E-state index in [1.54, 1.807) is 0 Å². The molecule has 6 aromatic carbocycles. The number of fused-ring (bicyclic) bond motifs is 7. The fourth-order valence-corrected chi connectivity index (χ4v) is 7.24. The maximum absolute atomic E-state index is 6.22. The molecule has 0 N–H and O–H groups in total. The monoisotopic (exact) mass is 552 g/mol. The SMILES string of the molecule is CC(C)c1cc2c3c(c1)N(c1ccc4oc5ccccc5c4c1)c1ccccc1B3c1ccccc1N2c1ccccc1. The first kappa shape index (κ1) is 24.4. The van der Waals surface area contributed by atoms with Gasteiger partial charge in [-0.2, -0.15) is 0 Å². The summed E-state index contributed by atoms with van der Waals surface area (Å²) in [6, 6.07) is 48.5. The average molecular weight is 552 g/mol. The minimum atomic E-state index is 0.133. The van der Waals surface area contributed by atoms with Gasteiger partial charge in [-0.3, -0.25) is 0 Å².